The van der Waals surface area contributed by atoms with Gasteiger partial charge < -0.3 is 28.1 Å². The minimum absolute atomic E-state index is 0. The second kappa shape index (κ2) is 80.8. The molecule has 0 saturated carbocycles. The van der Waals surface area contributed by atoms with Crippen molar-refractivity contribution in [1.29, 1.82) is 0 Å². The van der Waals surface area contributed by atoms with Crippen LogP contribution in [0.5, 0.6) is 0 Å². The quantitative estimate of drug-likeness (QED) is 0.0150. The molecule has 0 aliphatic carbocycles. The number of carbonyl (C=O) groups excluding carboxylic acids is 4. The third kappa shape index (κ3) is 65.9. The number of benzene rings is 2. The van der Waals surface area contributed by atoms with E-state index in [1.54, 1.807) is 0 Å². The summed E-state index contributed by atoms with van der Waals surface area (Å²) in [6.07, 6.45) is 95.5. The molecule has 2 aromatic carbocycles. The van der Waals surface area contributed by atoms with E-state index in [9.17, 15) is 45.1 Å². The predicted molar refractivity (Wildman–Crippen MR) is 470 cm³/mol. The van der Waals surface area contributed by atoms with Gasteiger partial charge in [-0.2, -0.15) is 0 Å². The van der Waals surface area contributed by atoms with E-state index >= 15 is 0 Å². The summed E-state index contributed by atoms with van der Waals surface area (Å²) in [5.41, 5.74) is -1.63. The Morgan fingerprint density at radius 2 is 0.407 bits per heavy atom. The molecule has 0 N–H and O–H groups in total. The van der Waals surface area contributed by atoms with Crippen LogP contribution in [0.2, 0.25) is 0 Å². The van der Waals surface area contributed by atoms with Crippen molar-refractivity contribution in [1.82, 2.24) is 0 Å². The maximum absolute atomic E-state index is 13.0. The third-order valence-corrected chi connectivity index (χ3v) is 22.8. The van der Waals surface area contributed by atoms with Crippen LogP contribution in [0.1, 0.15) is 480 Å². The second-order valence-corrected chi connectivity index (χ2v) is 34.1. The van der Waals surface area contributed by atoms with Crippen LogP contribution in [0.3, 0.4) is 0 Å². The molecule has 2 rings (SSSR count). The standard InChI is InChI=1S/2C48H82O7S.Ca/c2*1-3-5-7-9-11-13-15-17-19-21-23-25-27-29-31-33-35-37-42-54-47(49)44-40-39-41-45(56(51,52)53)46(44)48(50)55-43-38-36-34-32-30-28-26-24-22-20-18-16-14-12-10-8-6-4-2;/h2*29-32,39-41H,3-28,33-38,42-43H2,1-2H3,(H,51,52,53);/q;;+2/p-2/b2*31-29+,32-30+;. The number of allylic oxidation sites excluding steroid dienone is 8. The number of esters is 4. The van der Waals surface area contributed by atoms with Crippen molar-refractivity contribution >= 4 is 81.9 Å². The zero-order chi connectivity index (χ0) is 81.6. The molecular formula is C96H162CaO14S2. The van der Waals surface area contributed by atoms with Gasteiger partial charge in [0.25, 0.3) is 0 Å². The zero-order valence-electron chi connectivity index (χ0n) is 72.4. The third-order valence-electron chi connectivity index (χ3n) is 21.0. The van der Waals surface area contributed by atoms with E-state index in [-0.39, 0.29) is 75.3 Å². The van der Waals surface area contributed by atoms with Gasteiger partial charge in [-0.3, -0.25) is 0 Å². The van der Waals surface area contributed by atoms with Gasteiger partial charge in [0.15, 0.2) is 0 Å². The van der Waals surface area contributed by atoms with Gasteiger partial charge in [0, 0.05) is 0 Å². The molecule has 0 amide bonds. The van der Waals surface area contributed by atoms with Crippen molar-refractivity contribution in [2.24, 2.45) is 0 Å². The maximum atomic E-state index is 13.0. The molecule has 0 aliphatic heterocycles. The number of ether oxygens (including phenoxy) is 4. The monoisotopic (exact) mass is 1640 g/mol. The SMILES string of the molecule is CCCCCCCCCCCCCC/C=C/CCCCOC(=O)c1cccc(S(=O)(=O)[O-])c1C(=O)OCCCC/C=C/CCCCCCCCCCCCCC.CCCCCCCCCCCCCC/C=C/CCCCOC(=O)c1cccc(S(=O)(=O)[O-])c1C(=O)OCCCC/C=C/CCCCCCCCCCCCCC.[Ca+2]. The summed E-state index contributed by atoms with van der Waals surface area (Å²) >= 11 is 0. The van der Waals surface area contributed by atoms with E-state index in [0.717, 1.165) is 89.2 Å². The molecule has 0 aromatic heterocycles. The largest absolute Gasteiger partial charge is 2.00 e. The van der Waals surface area contributed by atoms with E-state index < -0.39 is 65.0 Å². The number of carbonyl (C=O) groups is 4. The molecule has 0 radical (unpaired) electrons. The minimum atomic E-state index is -5.03. The average Bonchev–Trinajstić information content (AvgIpc) is 0.797. The number of hydrogen-bond acceptors (Lipinski definition) is 14. The first-order valence-corrected chi connectivity index (χ1v) is 48.9. The average molecular weight is 1640 g/mol. The van der Waals surface area contributed by atoms with Gasteiger partial charge in [-0.05, 0) is 153 Å². The van der Waals surface area contributed by atoms with Crippen LogP contribution < -0.4 is 0 Å². The first-order chi connectivity index (χ1) is 54.6. The number of rotatable bonds is 78. The topological polar surface area (TPSA) is 220 Å². The Labute approximate surface area is 722 Å². The smallest absolute Gasteiger partial charge is 0.744 e. The van der Waals surface area contributed by atoms with Crippen LogP contribution in [0.4, 0.5) is 0 Å². The van der Waals surface area contributed by atoms with Crippen LogP contribution in [-0.4, -0.2) is 114 Å². The molecule has 0 spiro atoms. The molecule has 0 bridgehead atoms. The normalized spacial score (nSPS) is 11.8. The molecule has 0 fully saturated rings. The molecule has 644 valence electrons. The molecule has 14 nitrogen and oxygen atoms in total. The van der Waals surface area contributed by atoms with Crippen molar-refractivity contribution in [2.75, 3.05) is 26.4 Å². The molecule has 0 aliphatic rings. The molecule has 0 unspecified atom stereocenters. The van der Waals surface area contributed by atoms with Crippen LogP contribution in [-0.2, 0) is 39.2 Å². The Morgan fingerprint density at radius 3 is 0.584 bits per heavy atom. The molecule has 17 heteroatoms. The summed E-state index contributed by atoms with van der Waals surface area (Å²) in [5.74, 6) is -3.70. The minimum Gasteiger partial charge on any atom is -0.744 e. The van der Waals surface area contributed by atoms with E-state index in [2.05, 4.69) is 76.3 Å². The molecule has 0 atom stereocenters. The summed E-state index contributed by atoms with van der Waals surface area (Å²) in [7, 11) is -10.1. The Hall–Kier alpha value is -3.64. The van der Waals surface area contributed by atoms with Gasteiger partial charge in [0.1, 0.15) is 20.2 Å². The van der Waals surface area contributed by atoms with Crippen molar-refractivity contribution in [3.05, 3.63) is 107 Å². The number of unbranched alkanes of at least 4 members (excludes halogenated alkanes) is 56. The van der Waals surface area contributed by atoms with E-state index in [1.807, 2.05) is 0 Å². The van der Waals surface area contributed by atoms with Gasteiger partial charge >= 0.3 is 61.6 Å². The Morgan fingerprint density at radius 1 is 0.248 bits per heavy atom. The maximum Gasteiger partial charge on any atom is 2.00 e. The van der Waals surface area contributed by atoms with Gasteiger partial charge in [0.2, 0.25) is 0 Å². The van der Waals surface area contributed by atoms with Crippen molar-refractivity contribution in [2.45, 2.75) is 448 Å². The molecule has 2 aromatic rings. The van der Waals surface area contributed by atoms with Gasteiger partial charge in [0.05, 0.1) is 58.5 Å². The van der Waals surface area contributed by atoms with Crippen molar-refractivity contribution in [3.8, 4) is 0 Å². The first-order valence-electron chi connectivity index (χ1n) is 46.1. The van der Waals surface area contributed by atoms with Crippen molar-refractivity contribution in [3.63, 3.8) is 0 Å². The summed E-state index contributed by atoms with van der Waals surface area (Å²) in [6, 6.07) is 7.19. The second-order valence-electron chi connectivity index (χ2n) is 31.4. The zero-order valence-corrected chi connectivity index (χ0v) is 76.2. The van der Waals surface area contributed by atoms with Gasteiger partial charge in [-0.15, -0.1) is 0 Å². The number of hydrogen-bond donors (Lipinski definition) is 0. The predicted octanol–water partition coefficient (Wildman–Crippen LogP) is 28.7. The summed E-state index contributed by atoms with van der Waals surface area (Å²) in [6.45, 7) is 9.41. The summed E-state index contributed by atoms with van der Waals surface area (Å²) < 4.78 is 93.4. The summed E-state index contributed by atoms with van der Waals surface area (Å²) in [5, 5.41) is 0. The Balaban J connectivity index is 0.00000220. The fraction of sp³-hybridized carbons (Fsp3) is 0.750. The van der Waals surface area contributed by atoms with E-state index in [4.69, 9.17) is 18.9 Å². The molecule has 0 heterocycles. The van der Waals surface area contributed by atoms with Crippen molar-refractivity contribution < 1.29 is 64.1 Å². The van der Waals surface area contributed by atoms with Crippen LogP contribution >= 0.6 is 0 Å². The van der Waals surface area contributed by atoms with Crippen LogP contribution in [0.15, 0.2) is 94.8 Å². The molecular weight excluding hydrogens is 1480 g/mol. The molecule has 113 heavy (non-hydrogen) atoms. The van der Waals surface area contributed by atoms with E-state index in [1.165, 1.54) is 332 Å². The molecule has 0 saturated heterocycles. The fourth-order valence-electron chi connectivity index (χ4n) is 14.0. The van der Waals surface area contributed by atoms with E-state index in [0.29, 0.717) is 25.7 Å². The fourth-order valence-corrected chi connectivity index (χ4v) is 15.4. The van der Waals surface area contributed by atoms with Crippen LogP contribution in [0, 0.1) is 0 Å². The van der Waals surface area contributed by atoms with Crippen LogP contribution in [0.25, 0.3) is 0 Å². The van der Waals surface area contributed by atoms with Gasteiger partial charge in [-0.1, -0.05) is 371 Å². The Bertz CT molecular complexity index is 2740. The summed E-state index contributed by atoms with van der Waals surface area (Å²) in [4.78, 5) is 50.4. The Kier molecular flexibility index (Phi) is 78.2. The first kappa shape index (κ1) is 109. The van der Waals surface area contributed by atoms with Gasteiger partial charge in [-0.25, -0.2) is 36.0 Å².